The zero-order valence-corrected chi connectivity index (χ0v) is 11.8. The van der Waals surface area contributed by atoms with E-state index in [1.807, 2.05) is 30.3 Å². The Kier molecular flexibility index (Phi) is 2.09. The van der Waals surface area contributed by atoms with E-state index in [1.165, 1.54) is 0 Å². The second-order valence-corrected chi connectivity index (χ2v) is 6.14. The third kappa shape index (κ3) is 1.43. The molecule has 0 saturated carbocycles. The summed E-state index contributed by atoms with van der Waals surface area (Å²) in [6, 6.07) is 14.2. The first-order valence-electron chi connectivity index (χ1n) is 6.82. The van der Waals surface area contributed by atoms with Crippen molar-refractivity contribution in [3.8, 4) is 17.2 Å². The zero-order valence-electron chi connectivity index (χ0n) is 11.8. The maximum atomic E-state index is 6.02. The van der Waals surface area contributed by atoms with Crippen molar-refractivity contribution in [3.63, 3.8) is 0 Å². The number of benzene rings is 2. The van der Waals surface area contributed by atoms with E-state index < -0.39 is 0 Å². The topological polar surface area (TPSA) is 18.0 Å². The minimum atomic E-state index is -0.0264. The molecule has 0 amide bonds. The maximum absolute atomic E-state index is 6.02. The van der Waals surface area contributed by atoms with E-state index in [2.05, 4.69) is 48.4 Å². The molecular weight excluding hydrogens is 248 g/mol. The van der Waals surface area contributed by atoms with Crippen LogP contribution in [0.4, 0.5) is 0 Å². The molecule has 0 saturated heterocycles. The van der Waals surface area contributed by atoms with E-state index in [-0.39, 0.29) is 5.54 Å². The molecule has 1 aliphatic heterocycles. The van der Waals surface area contributed by atoms with Gasteiger partial charge in [-0.2, -0.15) is 0 Å². The summed E-state index contributed by atoms with van der Waals surface area (Å²) in [4.78, 5) is 0. The third-order valence-electron chi connectivity index (χ3n) is 3.64. The summed E-state index contributed by atoms with van der Waals surface area (Å²) in [5, 5.41) is 0. The van der Waals surface area contributed by atoms with Crippen LogP contribution >= 0.6 is 0 Å². The monoisotopic (exact) mass is 264 g/mol. The van der Waals surface area contributed by atoms with Crippen molar-refractivity contribution in [2.24, 2.45) is 0 Å². The number of nitrogens with zero attached hydrogens (tertiary/aromatic N) is 2. The van der Waals surface area contributed by atoms with Gasteiger partial charge >= 0.3 is 0 Å². The smallest absolute Gasteiger partial charge is 0.244 e. The number of aromatic nitrogens is 2. The van der Waals surface area contributed by atoms with Gasteiger partial charge in [-0.3, -0.25) is 0 Å². The van der Waals surface area contributed by atoms with Gasteiger partial charge in [0.05, 0.1) is 22.3 Å². The van der Waals surface area contributed by atoms with E-state index in [4.69, 9.17) is 4.74 Å². The molecule has 0 bridgehead atoms. The van der Waals surface area contributed by atoms with Crippen molar-refractivity contribution in [2.75, 3.05) is 0 Å². The molecule has 100 valence electrons. The minimum absolute atomic E-state index is 0.0264. The van der Waals surface area contributed by atoms with Gasteiger partial charge in [-0.1, -0.05) is 30.3 Å². The summed E-state index contributed by atoms with van der Waals surface area (Å²) < 4.78 is 10.3. The van der Waals surface area contributed by atoms with Crippen LogP contribution in [0.2, 0.25) is 0 Å². The molecule has 1 aliphatic rings. The van der Waals surface area contributed by atoms with E-state index in [9.17, 15) is 0 Å². The van der Waals surface area contributed by atoms with Gasteiger partial charge in [0.25, 0.3) is 0 Å². The van der Waals surface area contributed by atoms with Gasteiger partial charge in [-0.15, -0.1) is 0 Å². The lowest BCUT2D eigenvalue weighted by molar-refractivity contribution is -0.576. The van der Waals surface area contributed by atoms with Crippen LogP contribution in [-0.2, 0) is 5.54 Å². The zero-order chi connectivity index (χ0) is 13.9. The summed E-state index contributed by atoms with van der Waals surface area (Å²) >= 11 is 0. The van der Waals surface area contributed by atoms with Gasteiger partial charge < -0.3 is 13.9 Å². The Balaban J connectivity index is 2.15. The van der Waals surface area contributed by atoms with Gasteiger partial charge in [0.1, 0.15) is 11.5 Å². The Morgan fingerprint density at radius 3 is 2.55 bits per heavy atom. The summed E-state index contributed by atoms with van der Waals surface area (Å²) in [6.45, 7) is 6.56. The van der Waals surface area contributed by atoms with Gasteiger partial charge in [0.15, 0.2) is 0 Å². The molecular formula is C17H16N2O. The average Bonchev–Trinajstić information content (AvgIpc) is 2.81. The average molecular weight is 264 g/mol. The number of ether oxygens (including phenoxy) is 1. The van der Waals surface area contributed by atoms with Crippen molar-refractivity contribution in [3.05, 3.63) is 48.8 Å². The number of para-hydroxylation sites is 3. The lowest BCUT2D eigenvalue weighted by Crippen LogP contribution is -2.33. The minimum Gasteiger partial charge on any atom is -0.469 e. The number of rotatable bonds is 0. The molecule has 0 N–H and O–H groups in total. The van der Waals surface area contributed by atoms with Crippen molar-refractivity contribution < 1.29 is 9.30 Å². The van der Waals surface area contributed by atoms with E-state index >= 15 is 0 Å². The standard InChI is InChI=1S/C17H16N2O/c1-17(2,3)19-11-18-12-7-4-5-9-14(12)20-15-10-6-8-13(19)16(15)18/h4-10H,1-3H3. The molecule has 0 spiro atoms. The Bertz CT molecular complexity index is 825. The lowest BCUT2D eigenvalue weighted by Gasteiger charge is -2.20. The van der Waals surface area contributed by atoms with Crippen molar-refractivity contribution in [1.82, 2.24) is 4.57 Å². The quantitative estimate of drug-likeness (QED) is 0.351. The molecule has 3 nitrogen and oxygen atoms in total. The predicted molar refractivity (Wildman–Crippen MR) is 77.4 cm³/mol. The Hall–Kier alpha value is -2.29. The highest BCUT2D eigenvalue weighted by Crippen LogP contribution is 2.36. The van der Waals surface area contributed by atoms with E-state index in [0.717, 1.165) is 28.2 Å². The normalized spacial score (nSPS) is 13.2. The summed E-state index contributed by atoms with van der Waals surface area (Å²) in [6.07, 6.45) is 3.48. The molecule has 0 atom stereocenters. The molecule has 2 heterocycles. The van der Waals surface area contributed by atoms with Crippen LogP contribution in [0.5, 0.6) is 11.5 Å². The van der Waals surface area contributed by atoms with Gasteiger partial charge in [-0.25, -0.2) is 0 Å². The molecule has 0 aliphatic carbocycles. The first-order valence-corrected chi connectivity index (χ1v) is 6.82. The fourth-order valence-electron chi connectivity index (χ4n) is 2.73. The molecule has 0 unspecified atom stereocenters. The highest BCUT2D eigenvalue weighted by molar-refractivity contribution is 5.81. The van der Waals surface area contributed by atoms with Crippen LogP contribution in [-0.4, -0.2) is 4.57 Å². The second kappa shape index (κ2) is 3.63. The lowest BCUT2D eigenvalue weighted by atomic mass is 10.1. The summed E-state index contributed by atoms with van der Waals surface area (Å²) in [7, 11) is 0. The summed E-state index contributed by atoms with van der Waals surface area (Å²) in [5.41, 5.74) is 3.24. The van der Waals surface area contributed by atoms with Crippen LogP contribution in [0.1, 0.15) is 20.8 Å². The second-order valence-electron chi connectivity index (χ2n) is 6.14. The summed E-state index contributed by atoms with van der Waals surface area (Å²) in [5.74, 6) is 1.76. The van der Waals surface area contributed by atoms with Crippen molar-refractivity contribution in [2.45, 2.75) is 26.3 Å². The van der Waals surface area contributed by atoms with Crippen LogP contribution in [0.15, 0.2) is 42.5 Å². The van der Waals surface area contributed by atoms with E-state index in [0.29, 0.717) is 0 Å². The highest BCUT2D eigenvalue weighted by atomic mass is 16.5. The molecule has 0 radical (unpaired) electrons. The van der Waals surface area contributed by atoms with Crippen LogP contribution in [0.3, 0.4) is 0 Å². The molecule has 0 fully saturated rings. The molecule has 3 aromatic rings. The Labute approximate surface area is 118 Å². The van der Waals surface area contributed by atoms with Crippen molar-refractivity contribution in [1.29, 1.82) is 0 Å². The fourth-order valence-corrected chi connectivity index (χ4v) is 2.73. The first-order chi connectivity index (χ1) is 9.55. The molecule has 1 aromatic heterocycles. The molecule has 20 heavy (non-hydrogen) atoms. The van der Waals surface area contributed by atoms with E-state index in [1.54, 1.807) is 0 Å². The van der Waals surface area contributed by atoms with Crippen LogP contribution in [0.25, 0.3) is 16.7 Å². The number of fused-ring (bicyclic) bond motifs is 2. The molecule has 3 heteroatoms. The molecule has 2 aromatic carbocycles. The van der Waals surface area contributed by atoms with Crippen LogP contribution < -0.4 is 9.30 Å². The largest absolute Gasteiger partial charge is 0.469 e. The molecule has 4 rings (SSSR count). The number of imidazole rings is 1. The third-order valence-corrected chi connectivity index (χ3v) is 3.64. The highest BCUT2D eigenvalue weighted by Gasteiger charge is 2.25. The number of hydrogen-bond donors (Lipinski definition) is 0. The fraction of sp³-hybridized carbons (Fsp3) is 0.235. The maximum Gasteiger partial charge on any atom is 0.244 e. The Morgan fingerprint density at radius 1 is 1.00 bits per heavy atom. The van der Waals surface area contributed by atoms with Gasteiger partial charge in [-0.05, 0) is 32.9 Å². The van der Waals surface area contributed by atoms with Crippen molar-refractivity contribution >= 4 is 11.0 Å². The van der Waals surface area contributed by atoms with Gasteiger partial charge in [0.2, 0.25) is 6.33 Å². The first kappa shape index (κ1) is 11.5. The predicted octanol–water partition coefficient (Wildman–Crippen LogP) is 3.58. The van der Waals surface area contributed by atoms with Crippen LogP contribution in [0, 0.1) is 6.33 Å². The number of hydrogen-bond acceptors (Lipinski definition) is 1. The SMILES string of the molecule is CC(C)(C)n1[c-][n+]2c3c(cccc31)Oc1ccccc1-2. The Morgan fingerprint density at radius 2 is 1.75 bits per heavy atom. The van der Waals surface area contributed by atoms with Gasteiger partial charge in [0, 0.05) is 0 Å².